The Balaban J connectivity index is 1.05. The number of fused-ring (bicyclic) bond motifs is 1. The summed E-state index contributed by atoms with van der Waals surface area (Å²) in [5.74, 6) is -0.196. The first-order valence-electron chi connectivity index (χ1n) is 11.2. The van der Waals surface area contributed by atoms with Gasteiger partial charge in [-0.3, -0.25) is 4.79 Å². The van der Waals surface area contributed by atoms with Crippen molar-refractivity contribution in [3.05, 3.63) is 28.8 Å². The number of hydrogen-bond donors (Lipinski definition) is 4. The van der Waals surface area contributed by atoms with Crippen molar-refractivity contribution < 1.29 is 22.7 Å². The number of nitrogens with one attached hydrogen (secondary N) is 4. The van der Waals surface area contributed by atoms with Gasteiger partial charge in [0, 0.05) is 40.9 Å². The largest absolute Gasteiger partial charge is 0.403 e. The van der Waals surface area contributed by atoms with Gasteiger partial charge in [0.05, 0.1) is 6.10 Å². The molecule has 176 valence electrons. The molecule has 0 radical (unpaired) electrons. The van der Waals surface area contributed by atoms with Gasteiger partial charge in [-0.25, -0.2) is 0 Å². The number of halogens is 4. The number of rotatable bonds is 6. The third-order valence-electron chi connectivity index (χ3n) is 7.27. The summed E-state index contributed by atoms with van der Waals surface area (Å²) < 4.78 is 43.7. The average molecular weight is 473 g/mol. The molecule has 2 aliphatic heterocycles. The number of carbonyl (C=O) groups is 1. The maximum atomic E-state index is 12.7. The quantitative estimate of drug-likeness (QED) is 0.511. The molecule has 3 atom stereocenters. The zero-order chi connectivity index (χ0) is 22.6. The lowest BCUT2D eigenvalue weighted by Crippen LogP contribution is -2.83. The van der Waals surface area contributed by atoms with E-state index in [0.717, 1.165) is 42.9 Å². The minimum absolute atomic E-state index is 0.0278. The van der Waals surface area contributed by atoms with Crippen LogP contribution in [0.1, 0.15) is 50.1 Å². The van der Waals surface area contributed by atoms with E-state index < -0.39 is 12.2 Å². The number of anilines is 1. The minimum atomic E-state index is -4.24. The summed E-state index contributed by atoms with van der Waals surface area (Å²) in [6.07, 6.45) is -0.682. The predicted octanol–water partition coefficient (Wildman–Crippen LogP) is 3.28. The molecule has 6 rings (SSSR count). The maximum absolute atomic E-state index is 12.7. The van der Waals surface area contributed by atoms with Gasteiger partial charge in [0.25, 0.3) is 0 Å². The molecule has 10 heteroatoms. The molecule has 32 heavy (non-hydrogen) atoms. The van der Waals surface area contributed by atoms with E-state index in [2.05, 4.69) is 27.3 Å². The fraction of sp³-hybridized carbons (Fsp3) is 0.682. The molecule has 3 aliphatic carbocycles. The highest BCUT2D eigenvalue weighted by Crippen LogP contribution is 2.61. The van der Waals surface area contributed by atoms with E-state index in [4.69, 9.17) is 16.3 Å². The molecule has 0 spiro atoms. The second-order valence-corrected chi connectivity index (χ2v) is 10.2. The van der Waals surface area contributed by atoms with Crippen LogP contribution in [0.4, 0.5) is 18.9 Å². The van der Waals surface area contributed by atoms with Gasteiger partial charge in [-0.15, -0.1) is 0 Å². The summed E-state index contributed by atoms with van der Waals surface area (Å²) in [7, 11) is 0. The maximum Gasteiger partial charge on any atom is 0.403 e. The van der Waals surface area contributed by atoms with Gasteiger partial charge in [0.1, 0.15) is 12.6 Å². The smallest absolute Gasteiger partial charge is 0.385 e. The van der Waals surface area contributed by atoms with Gasteiger partial charge in [-0.2, -0.15) is 13.2 Å². The Morgan fingerprint density at radius 2 is 1.97 bits per heavy atom. The fourth-order valence-corrected chi connectivity index (χ4v) is 6.03. The van der Waals surface area contributed by atoms with E-state index in [1.807, 2.05) is 12.1 Å². The molecule has 5 aliphatic rings. The van der Waals surface area contributed by atoms with Gasteiger partial charge >= 0.3 is 6.18 Å². The molecule has 1 saturated heterocycles. The number of carbonyl (C=O) groups excluding carboxylic acids is 1. The topological polar surface area (TPSA) is 74.4 Å². The molecule has 4 N–H and O–H groups in total. The molecule has 4 fully saturated rings. The Hall–Kier alpha value is -1.55. The SMILES string of the molecule is O=C(COC1CCC(C(F)(F)F)NC1)NC12CC(NC3CCNc4cc(Cl)ccc43)(C1)C2. The summed E-state index contributed by atoms with van der Waals surface area (Å²) in [6, 6.07) is 4.72. The lowest BCUT2D eigenvalue weighted by atomic mass is 9.44. The summed E-state index contributed by atoms with van der Waals surface area (Å²) in [6.45, 7) is 0.881. The monoisotopic (exact) mass is 472 g/mol. The van der Waals surface area contributed by atoms with Gasteiger partial charge in [-0.05, 0) is 56.2 Å². The van der Waals surface area contributed by atoms with Gasteiger partial charge in [-0.1, -0.05) is 17.7 Å². The predicted molar refractivity (Wildman–Crippen MR) is 115 cm³/mol. The minimum Gasteiger partial charge on any atom is -0.385 e. The lowest BCUT2D eigenvalue weighted by molar-refractivity contribution is -0.167. The highest BCUT2D eigenvalue weighted by molar-refractivity contribution is 6.30. The van der Waals surface area contributed by atoms with E-state index in [1.54, 1.807) is 0 Å². The van der Waals surface area contributed by atoms with Gasteiger partial charge in [0.15, 0.2) is 0 Å². The number of amides is 1. The first kappa shape index (κ1) is 22.3. The van der Waals surface area contributed by atoms with Crippen molar-refractivity contribution in [1.29, 1.82) is 0 Å². The van der Waals surface area contributed by atoms with Crippen molar-refractivity contribution in [3.8, 4) is 0 Å². The number of hydrogen-bond acceptors (Lipinski definition) is 5. The molecule has 3 unspecified atom stereocenters. The van der Waals surface area contributed by atoms with Crippen molar-refractivity contribution in [2.75, 3.05) is 25.0 Å². The van der Waals surface area contributed by atoms with E-state index in [0.29, 0.717) is 6.42 Å². The van der Waals surface area contributed by atoms with E-state index in [9.17, 15) is 18.0 Å². The molecule has 0 aromatic heterocycles. The van der Waals surface area contributed by atoms with Crippen LogP contribution in [-0.2, 0) is 9.53 Å². The Morgan fingerprint density at radius 3 is 2.66 bits per heavy atom. The average Bonchev–Trinajstić information content (AvgIpc) is 2.69. The molecule has 3 saturated carbocycles. The summed E-state index contributed by atoms with van der Waals surface area (Å²) in [5.41, 5.74) is 2.19. The Labute approximate surface area is 190 Å². The third-order valence-corrected chi connectivity index (χ3v) is 7.50. The van der Waals surface area contributed by atoms with Crippen LogP contribution in [0.25, 0.3) is 0 Å². The number of benzene rings is 1. The molecule has 2 bridgehead atoms. The molecule has 6 nitrogen and oxygen atoms in total. The normalized spacial score (nSPS) is 35.7. The lowest BCUT2D eigenvalue weighted by Gasteiger charge is -2.71. The number of ether oxygens (including phenoxy) is 1. The Bertz CT molecular complexity index is 869. The first-order valence-corrected chi connectivity index (χ1v) is 11.6. The van der Waals surface area contributed by atoms with E-state index >= 15 is 0 Å². The number of piperidine rings is 1. The standard InChI is InChI=1S/C22H28ClF3N4O2/c23-13-1-3-15-16(5-6-27-17(15)7-13)29-20-10-21(11-20,12-20)30-19(31)9-32-14-2-4-18(28-8-14)22(24,25)26/h1,3,7,14,16,18,27-29H,2,4-6,8-12H2,(H,30,31). The van der Waals surface area contributed by atoms with Crippen molar-refractivity contribution in [1.82, 2.24) is 16.0 Å². The van der Waals surface area contributed by atoms with Crippen LogP contribution < -0.4 is 21.3 Å². The molecular weight excluding hydrogens is 445 g/mol. The molecule has 1 amide bonds. The summed E-state index contributed by atoms with van der Waals surface area (Å²) in [5, 5.41) is 13.5. The second-order valence-electron chi connectivity index (χ2n) is 9.80. The van der Waals surface area contributed by atoms with Crippen LogP contribution in [0.2, 0.25) is 5.02 Å². The van der Waals surface area contributed by atoms with E-state index in [-0.39, 0.29) is 48.7 Å². The Kier molecular flexibility index (Phi) is 5.59. The van der Waals surface area contributed by atoms with Gasteiger partial charge in [0.2, 0.25) is 5.91 Å². The molecule has 2 heterocycles. The molecule has 1 aromatic rings. The second kappa shape index (κ2) is 8.04. The van der Waals surface area contributed by atoms with Gasteiger partial charge < -0.3 is 26.0 Å². The van der Waals surface area contributed by atoms with Crippen LogP contribution >= 0.6 is 11.6 Å². The highest BCUT2D eigenvalue weighted by atomic mass is 35.5. The number of alkyl halides is 3. The van der Waals surface area contributed by atoms with Crippen molar-refractivity contribution >= 4 is 23.2 Å². The van der Waals surface area contributed by atoms with Crippen molar-refractivity contribution in [2.24, 2.45) is 0 Å². The van der Waals surface area contributed by atoms with Crippen LogP contribution in [-0.4, -0.2) is 55.0 Å². The van der Waals surface area contributed by atoms with Crippen molar-refractivity contribution in [2.45, 2.75) is 74.0 Å². The first-order chi connectivity index (χ1) is 15.2. The van der Waals surface area contributed by atoms with Crippen LogP contribution in [0.15, 0.2) is 18.2 Å². The van der Waals surface area contributed by atoms with Crippen LogP contribution in [0.3, 0.4) is 0 Å². The van der Waals surface area contributed by atoms with E-state index in [1.165, 1.54) is 5.56 Å². The summed E-state index contributed by atoms with van der Waals surface area (Å²) >= 11 is 6.11. The van der Waals surface area contributed by atoms with Crippen molar-refractivity contribution in [3.63, 3.8) is 0 Å². The fourth-order valence-electron chi connectivity index (χ4n) is 5.86. The zero-order valence-corrected chi connectivity index (χ0v) is 18.4. The van der Waals surface area contributed by atoms with Crippen LogP contribution in [0, 0.1) is 0 Å². The Morgan fingerprint density at radius 1 is 1.19 bits per heavy atom. The molecule has 1 aromatic carbocycles. The zero-order valence-electron chi connectivity index (χ0n) is 17.7. The van der Waals surface area contributed by atoms with Crippen LogP contribution in [0.5, 0.6) is 0 Å². The molecular formula is C22H28ClF3N4O2. The highest BCUT2D eigenvalue weighted by Gasteiger charge is 2.68. The summed E-state index contributed by atoms with van der Waals surface area (Å²) in [4.78, 5) is 12.4. The third kappa shape index (κ3) is 4.32.